The lowest BCUT2D eigenvalue weighted by Gasteiger charge is -2.29. The Kier molecular flexibility index (Phi) is 6.38. The highest BCUT2D eigenvalue weighted by Crippen LogP contribution is 2.41. The molecule has 2 atom stereocenters. The molecule has 0 radical (unpaired) electrons. The summed E-state index contributed by atoms with van der Waals surface area (Å²) >= 11 is 7.51. The van der Waals surface area contributed by atoms with Crippen LogP contribution in [-0.4, -0.2) is 23.4 Å². The van der Waals surface area contributed by atoms with E-state index >= 15 is 0 Å². The molecule has 154 valence electrons. The predicted molar refractivity (Wildman–Crippen MR) is 117 cm³/mol. The van der Waals surface area contributed by atoms with Crippen LogP contribution in [0.1, 0.15) is 58.5 Å². The summed E-state index contributed by atoms with van der Waals surface area (Å²) in [6, 6.07) is 7.34. The van der Waals surface area contributed by atoms with Crippen LogP contribution in [0, 0.1) is 11.8 Å². The lowest BCUT2D eigenvalue weighted by molar-refractivity contribution is -0.123. The van der Waals surface area contributed by atoms with Crippen molar-refractivity contribution in [3.05, 3.63) is 50.9 Å². The Hall–Kier alpha value is -1.69. The van der Waals surface area contributed by atoms with Gasteiger partial charge < -0.3 is 10.4 Å². The molecule has 1 saturated carbocycles. The molecule has 1 heterocycles. The molecule has 0 aliphatic heterocycles. The van der Waals surface area contributed by atoms with Gasteiger partial charge >= 0.3 is 0 Å². The van der Waals surface area contributed by atoms with Crippen LogP contribution in [0.15, 0.2) is 24.3 Å². The van der Waals surface area contributed by atoms with Crippen molar-refractivity contribution in [3.63, 3.8) is 0 Å². The Morgan fingerprint density at radius 1 is 1.10 bits per heavy atom. The van der Waals surface area contributed by atoms with Crippen molar-refractivity contribution in [3.8, 4) is 0 Å². The van der Waals surface area contributed by atoms with Gasteiger partial charge in [-0.05, 0) is 61.3 Å². The minimum Gasteiger partial charge on any atom is -0.396 e. The van der Waals surface area contributed by atoms with Gasteiger partial charge in [0.1, 0.15) is 5.00 Å². The number of hydrogen-bond donors (Lipinski definition) is 2. The molecule has 2 aromatic rings. The third-order valence-corrected chi connectivity index (χ3v) is 7.65. The van der Waals surface area contributed by atoms with E-state index in [2.05, 4.69) is 5.32 Å². The summed E-state index contributed by atoms with van der Waals surface area (Å²) in [5, 5.41) is 14.1. The molecular weight excluding hydrogens is 406 g/mol. The maximum Gasteiger partial charge on any atom is 0.228 e. The first kappa shape index (κ1) is 20.6. The minimum atomic E-state index is -0.176. The maximum atomic E-state index is 13.2. The van der Waals surface area contributed by atoms with Crippen LogP contribution in [-0.2, 0) is 24.1 Å². The Morgan fingerprint density at radius 2 is 1.86 bits per heavy atom. The van der Waals surface area contributed by atoms with Crippen LogP contribution in [0.25, 0.3) is 0 Å². The number of thiophene rings is 1. The fraction of sp³-hybridized carbons (Fsp3) is 0.478. The molecule has 0 spiro atoms. The van der Waals surface area contributed by atoms with E-state index in [1.807, 2.05) is 12.1 Å². The number of benzene rings is 1. The molecule has 2 unspecified atom stereocenters. The maximum absolute atomic E-state index is 13.2. The molecule has 0 bridgehead atoms. The summed E-state index contributed by atoms with van der Waals surface area (Å²) in [6.07, 6.45) is 6.99. The molecule has 1 fully saturated rings. The highest BCUT2D eigenvalue weighted by Gasteiger charge is 2.33. The summed E-state index contributed by atoms with van der Waals surface area (Å²) in [4.78, 5) is 27.4. The lowest BCUT2D eigenvalue weighted by Crippen LogP contribution is -2.33. The van der Waals surface area contributed by atoms with E-state index in [0.717, 1.165) is 56.1 Å². The zero-order valence-corrected chi connectivity index (χ0v) is 18.0. The molecule has 2 N–H and O–H groups in total. The second kappa shape index (κ2) is 8.99. The van der Waals surface area contributed by atoms with Crippen LogP contribution in [0.2, 0.25) is 5.02 Å². The number of anilines is 1. The smallest absolute Gasteiger partial charge is 0.228 e. The Balaban J connectivity index is 1.57. The number of nitrogens with one attached hydrogen (secondary N) is 1. The fourth-order valence-corrected chi connectivity index (χ4v) is 6.08. The normalized spacial score (nSPS) is 21.0. The number of halogens is 1. The topological polar surface area (TPSA) is 66.4 Å². The van der Waals surface area contributed by atoms with Gasteiger partial charge in [0.2, 0.25) is 5.91 Å². The standard InChI is InChI=1S/C23H26ClNO3S/c24-16-10-8-14(9-11-16)12-19(27)21-18-6-3-7-20(18)29-23(21)25-22(28)17-5-2-1-4-15(17)13-26/h8-11,15,17,26H,1-7,12-13H2,(H,25,28). The quantitative estimate of drug-likeness (QED) is 0.628. The van der Waals surface area contributed by atoms with E-state index in [1.54, 1.807) is 23.5 Å². The molecule has 4 nitrogen and oxygen atoms in total. The molecule has 6 heteroatoms. The Morgan fingerprint density at radius 3 is 2.62 bits per heavy atom. The van der Waals surface area contributed by atoms with Gasteiger partial charge in [-0.25, -0.2) is 0 Å². The van der Waals surface area contributed by atoms with Gasteiger partial charge in [0.15, 0.2) is 5.78 Å². The van der Waals surface area contributed by atoms with Crippen molar-refractivity contribution >= 4 is 39.6 Å². The first-order chi connectivity index (χ1) is 14.1. The first-order valence-corrected chi connectivity index (χ1v) is 11.6. The number of amides is 1. The second-order valence-electron chi connectivity index (χ2n) is 8.11. The molecule has 1 aromatic heterocycles. The summed E-state index contributed by atoms with van der Waals surface area (Å²) < 4.78 is 0. The van der Waals surface area contributed by atoms with E-state index in [0.29, 0.717) is 22.0 Å². The summed E-state index contributed by atoms with van der Waals surface area (Å²) in [7, 11) is 0. The average molecular weight is 432 g/mol. The molecule has 0 saturated heterocycles. The number of aliphatic hydroxyl groups excluding tert-OH is 1. The van der Waals surface area contributed by atoms with Crippen molar-refractivity contribution in [2.24, 2.45) is 11.8 Å². The summed E-state index contributed by atoms with van der Waals surface area (Å²) in [5.41, 5.74) is 2.73. The highest BCUT2D eigenvalue weighted by atomic mass is 35.5. The first-order valence-electron chi connectivity index (χ1n) is 10.4. The number of aryl methyl sites for hydroxylation is 1. The molecule has 2 aliphatic rings. The van der Waals surface area contributed by atoms with Gasteiger partial charge in [0, 0.05) is 28.8 Å². The molecule has 29 heavy (non-hydrogen) atoms. The van der Waals surface area contributed by atoms with Crippen LogP contribution in [0.5, 0.6) is 0 Å². The third kappa shape index (κ3) is 4.42. The number of carbonyl (C=O) groups is 2. The number of ketones is 1. The zero-order valence-electron chi connectivity index (χ0n) is 16.4. The summed E-state index contributed by atoms with van der Waals surface area (Å²) in [6.45, 7) is 0.0430. The number of hydrogen-bond acceptors (Lipinski definition) is 4. The van der Waals surface area contributed by atoms with Gasteiger partial charge in [-0.2, -0.15) is 0 Å². The van der Waals surface area contributed by atoms with Gasteiger partial charge in [-0.15, -0.1) is 11.3 Å². The van der Waals surface area contributed by atoms with Gasteiger partial charge in [0.05, 0.1) is 5.56 Å². The van der Waals surface area contributed by atoms with Crippen LogP contribution in [0.3, 0.4) is 0 Å². The Labute approximate surface area is 180 Å². The highest BCUT2D eigenvalue weighted by molar-refractivity contribution is 7.17. The van der Waals surface area contributed by atoms with Gasteiger partial charge in [0.25, 0.3) is 0 Å². The van der Waals surface area contributed by atoms with E-state index in [-0.39, 0.29) is 30.1 Å². The number of rotatable bonds is 6. The lowest BCUT2D eigenvalue weighted by atomic mass is 9.79. The molecule has 4 rings (SSSR count). The third-order valence-electron chi connectivity index (χ3n) is 6.20. The van der Waals surface area contributed by atoms with E-state index in [9.17, 15) is 14.7 Å². The van der Waals surface area contributed by atoms with Crippen molar-refractivity contribution in [1.82, 2.24) is 0 Å². The van der Waals surface area contributed by atoms with Crippen LogP contribution < -0.4 is 5.32 Å². The monoisotopic (exact) mass is 431 g/mol. The molecule has 1 amide bonds. The second-order valence-corrected chi connectivity index (χ2v) is 9.65. The van der Waals surface area contributed by atoms with Crippen molar-refractivity contribution in [1.29, 1.82) is 0 Å². The predicted octanol–water partition coefficient (Wildman–Crippen LogP) is 5.05. The zero-order chi connectivity index (χ0) is 20.4. The fourth-order valence-electron chi connectivity index (χ4n) is 4.64. The van der Waals surface area contributed by atoms with Gasteiger partial charge in [-0.3, -0.25) is 9.59 Å². The van der Waals surface area contributed by atoms with Crippen molar-refractivity contribution < 1.29 is 14.7 Å². The van der Waals surface area contributed by atoms with E-state index in [4.69, 9.17) is 11.6 Å². The number of carbonyl (C=O) groups excluding carboxylic acids is 2. The van der Waals surface area contributed by atoms with Crippen molar-refractivity contribution in [2.45, 2.75) is 51.4 Å². The summed E-state index contributed by atoms with van der Waals surface area (Å²) in [5.74, 6) is -0.165. The minimum absolute atomic E-state index is 0.0174. The van der Waals surface area contributed by atoms with E-state index < -0.39 is 0 Å². The average Bonchev–Trinajstić information content (AvgIpc) is 3.30. The number of aliphatic hydroxyl groups is 1. The van der Waals surface area contributed by atoms with Crippen LogP contribution >= 0.6 is 22.9 Å². The van der Waals surface area contributed by atoms with Gasteiger partial charge in [-0.1, -0.05) is 36.6 Å². The molecule has 1 aromatic carbocycles. The van der Waals surface area contributed by atoms with Crippen molar-refractivity contribution in [2.75, 3.05) is 11.9 Å². The molecule has 2 aliphatic carbocycles. The number of Topliss-reactive ketones (excluding diaryl/α,β-unsaturated/α-hetero) is 1. The molecular formula is C23H26ClNO3S. The Bertz CT molecular complexity index is 906. The van der Waals surface area contributed by atoms with Crippen LogP contribution in [0.4, 0.5) is 5.00 Å². The SMILES string of the molecule is O=C(Cc1ccc(Cl)cc1)c1c(NC(=O)C2CCCCC2CO)sc2c1CCC2. The number of fused-ring (bicyclic) bond motifs is 1. The van der Waals surface area contributed by atoms with E-state index in [1.165, 1.54) is 4.88 Å². The largest absolute Gasteiger partial charge is 0.396 e.